The molecule has 0 aliphatic rings. The topological polar surface area (TPSA) is 113 Å². The van der Waals surface area contributed by atoms with Crippen molar-refractivity contribution in [3.05, 3.63) is 63.4 Å². The van der Waals surface area contributed by atoms with Crippen molar-refractivity contribution in [1.29, 1.82) is 0 Å². The molecule has 0 unspecified atom stereocenters. The highest BCUT2D eigenvalue weighted by Crippen LogP contribution is 2.27. The second-order valence-corrected chi connectivity index (χ2v) is 8.19. The average molecular weight is 431 g/mol. The Kier molecular flexibility index (Phi) is 6.54. The van der Waals surface area contributed by atoms with Gasteiger partial charge in [0.2, 0.25) is 5.91 Å². The number of rotatable bonds is 7. The monoisotopic (exact) mass is 430 g/mol. The van der Waals surface area contributed by atoms with Crippen LogP contribution in [0.4, 0.5) is 21.5 Å². The van der Waals surface area contributed by atoms with Gasteiger partial charge < -0.3 is 5.32 Å². The first-order valence-corrected chi connectivity index (χ1v) is 9.50. The Morgan fingerprint density at radius 1 is 1.25 bits per heavy atom. The molecule has 0 fully saturated rings. The van der Waals surface area contributed by atoms with E-state index >= 15 is 0 Å². The first kappa shape index (κ1) is 21.5. The number of anilines is 2. The second kappa shape index (κ2) is 8.50. The van der Waals surface area contributed by atoms with E-state index in [0.29, 0.717) is 4.31 Å². The van der Waals surface area contributed by atoms with Crippen LogP contribution in [0.2, 0.25) is 5.02 Å². The number of non-ortho nitro benzene ring substituents is 1. The number of hydrogen-bond acceptors (Lipinski definition) is 5. The fourth-order valence-corrected chi connectivity index (χ4v) is 3.42. The fraction of sp³-hybridized carbons (Fsp3) is 0.188. The van der Waals surface area contributed by atoms with Gasteiger partial charge in [-0.2, -0.15) is 12.7 Å². The summed E-state index contributed by atoms with van der Waals surface area (Å²) in [5.74, 6) is -1.70. The molecule has 2 aromatic rings. The van der Waals surface area contributed by atoms with Crippen LogP contribution in [0.1, 0.15) is 0 Å². The van der Waals surface area contributed by atoms with Crippen LogP contribution in [0, 0.1) is 15.9 Å². The molecule has 0 aliphatic heterocycles. The molecular formula is C16H16ClFN4O5S. The molecule has 9 nitrogen and oxygen atoms in total. The Hall–Kier alpha value is -2.76. The summed E-state index contributed by atoms with van der Waals surface area (Å²) in [4.78, 5) is 22.6. The van der Waals surface area contributed by atoms with Gasteiger partial charge in [-0.15, -0.1) is 0 Å². The van der Waals surface area contributed by atoms with Crippen molar-refractivity contribution in [2.24, 2.45) is 0 Å². The summed E-state index contributed by atoms with van der Waals surface area (Å²) in [6, 6.07) is 8.48. The number of nitrogens with zero attached hydrogens (tertiary/aromatic N) is 3. The minimum Gasteiger partial charge on any atom is -0.323 e. The molecule has 28 heavy (non-hydrogen) atoms. The number of carbonyl (C=O) groups excluding carboxylic acids is 1. The van der Waals surface area contributed by atoms with Gasteiger partial charge in [0.05, 0.1) is 21.3 Å². The lowest BCUT2D eigenvalue weighted by molar-refractivity contribution is -0.384. The van der Waals surface area contributed by atoms with E-state index in [1.54, 1.807) is 0 Å². The highest BCUT2D eigenvalue weighted by Gasteiger charge is 2.29. The van der Waals surface area contributed by atoms with E-state index in [9.17, 15) is 27.7 Å². The van der Waals surface area contributed by atoms with Gasteiger partial charge in [0.1, 0.15) is 12.4 Å². The van der Waals surface area contributed by atoms with Crippen molar-refractivity contribution in [2.75, 3.05) is 30.3 Å². The minimum atomic E-state index is -4.21. The summed E-state index contributed by atoms with van der Waals surface area (Å²) in [6.45, 7) is -0.777. The largest absolute Gasteiger partial charge is 0.323 e. The molecule has 1 N–H and O–H groups in total. The molecule has 150 valence electrons. The Bertz CT molecular complexity index is 1020. The second-order valence-electron chi connectivity index (χ2n) is 5.72. The van der Waals surface area contributed by atoms with E-state index in [1.807, 2.05) is 0 Å². The number of para-hydroxylation sites is 1. The molecule has 0 bridgehead atoms. The number of nitrogens with one attached hydrogen (secondary N) is 1. The Balaban J connectivity index is 2.35. The van der Waals surface area contributed by atoms with Crippen LogP contribution in [-0.4, -0.2) is 44.2 Å². The third kappa shape index (κ3) is 4.74. The van der Waals surface area contributed by atoms with Crippen LogP contribution >= 0.6 is 11.6 Å². The summed E-state index contributed by atoms with van der Waals surface area (Å²) >= 11 is 5.93. The molecule has 0 saturated heterocycles. The lowest BCUT2D eigenvalue weighted by Gasteiger charge is -2.27. The van der Waals surface area contributed by atoms with Crippen LogP contribution in [0.5, 0.6) is 0 Å². The van der Waals surface area contributed by atoms with Crippen LogP contribution in [0.15, 0.2) is 42.5 Å². The molecule has 0 heterocycles. The highest BCUT2D eigenvalue weighted by atomic mass is 35.5. The van der Waals surface area contributed by atoms with Crippen LogP contribution in [-0.2, 0) is 15.0 Å². The zero-order valence-electron chi connectivity index (χ0n) is 14.8. The Morgan fingerprint density at radius 3 is 2.46 bits per heavy atom. The van der Waals surface area contributed by atoms with Crippen molar-refractivity contribution >= 4 is 44.8 Å². The maximum Gasteiger partial charge on any atom is 0.304 e. The SMILES string of the molecule is CN(C)S(=O)(=O)N(CC(=O)Nc1cc([N+](=O)[O-])ccc1Cl)c1ccccc1F. The van der Waals surface area contributed by atoms with Gasteiger partial charge in [-0.1, -0.05) is 23.7 Å². The summed E-state index contributed by atoms with van der Waals surface area (Å²) in [5, 5.41) is 13.2. The van der Waals surface area contributed by atoms with E-state index in [2.05, 4.69) is 5.32 Å². The Morgan fingerprint density at radius 2 is 1.89 bits per heavy atom. The molecule has 0 aromatic heterocycles. The first-order chi connectivity index (χ1) is 13.0. The Labute approximate surface area is 165 Å². The molecule has 2 aromatic carbocycles. The zero-order valence-corrected chi connectivity index (χ0v) is 16.4. The summed E-state index contributed by atoms with van der Waals surface area (Å²) in [5.41, 5.74) is -0.709. The van der Waals surface area contributed by atoms with Crippen LogP contribution in [0.25, 0.3) is 0 Å². The number of amides is 1. The predicted molar refractivity (Wildman–Crippen MR) is 103 cm³/mol. The van der Waals surface area contributed by atoms with Gasteiger partial charge in [-0.3, -0.25) is 14.9 Å². The van der Waals surface area contributed by atoms with Crippen molar-refractivity contribution in [3.8, 4) is 0 Å². The van der Waals surface area contributed by atoms with Crippen LogP contribution in [0.3, 0.4) is 0 Å². The molecular weight excluding hydrogens is 415 g/mol. The van der Waals surface area contributed by atoms with E-state index in [0.717, 1.165) is 22.5 Å². The number of benzene rings is 2. The van der Waals surface area contributed by atoms with Gasteiger partial charge in [0, 0.05) is 26.2 Å². The molecule has 0 saturated carbocycles. The van der Waals surface area contributed by atoms with Crippen molar-refractivity contribution in [1.82, 2.24) is 4.31 Å². The van der Waals surface area contributed by atoms with Crippen LogP contribution < -0.4 is 9.62 Å². The number of carbonyl (C=O) groups is 1. The van der Waals surface area contributed by atoms with E-state index in [-0.39, 0.29) is 22.1 Å². The lowest BCUT2D eigenvalue weighted by atomic mass is 10.2. The van der Waals surface area contributed by atoms with Gasteiger partial charge in [-0.25, -0.2) is 8.70 Å². The fourth-order valence-electron chi connectivity index (χ4n) is 2.18. The van der Waals surface area contributed by atoms with Gasteiger partial charge in [0.15, 0.2) is 0 Å². The molecule has 0 spiro atoms. The summed E-state index contributed by atoms with van der Waals surface area (Å²) in [6.07, 6.45) is 0. The molecule has 0 radical (unpaired) electrons. The zero-order chi connectivity index (χ0) is 21.1. The van der Waals surface area contributed by atoms with Gasteiger partial charge >= 0.3 is 10.2 Å². The summed E-state index contributed by atoms with van der Waals surface area (Å²) < 4.78 is 40.7. The first-order valence-electron chi connectivity index (χ1n) is 7.72. The maximum atomic E-state index is 14.2. The maximum absolute atomic E-state index is 14.2. The molecule has 12 heteroatoms. The number of hydrogen-bond donors (Lipinski definition) is 1. The third-order valence-corrected chi connectivity index (χ3v) is 5.72. The predicted octanol–water partition coefficient (Wildman–Crippen LogP) is 2.64. The standard InChI is InChI=1S/C16H16ClFN4O5S/c1-20(2)28(26,27)21(15-6-4-3-5-13(15)18)10-16(23)19-14-9-11(22(24)25)7-8-12(14)17/h3-9H,10H2,1-2H3,(H,19,23). The third-order valence-electron chi connectivity index (χ3n) is 3.58. The smallest absolute Gasteiger partial charge is 0.304 e. The van der Waals surface area contributed by atoms with E-state index < -0.39 is 33.4 Å². The highest BCUT2D eigenvalue weighted by molar-refractivity contribution is 7.90. The lowest BCUT2D eigenvalue weighted by Crippen LogP contribution is -2.44. The van der Waals surface area contributed by atoms with Crippen molar-refractivity contribution in [3.63, 3.8) is 0 Å². The summed E-state index contributed by atoms with van der Waals surface area (Å²) in [7, 11) is -1.74. The van der Waals surface area contributed by atoms with Crippen molar-refractivity contribution < 1.29 is 22.5 Å². The number of nitro benzene ring substituents is 1. The number of halogens is 2. The van der Waals surface area contributed by atoms with E-state index in [1.165, 1.54) is 38.4 Å². The van der Waals surface area contributed by atoms with E-state index in [4.69, 9.17) is 11.6 Å². The molecule has 1 amide bonds. The average Bonchev–Trinajstić information content (AvgIpc) is 2.61. The molecule has 2 rings (SSSR count). The minimum absolute atomic E-state index is 0.0202. The van der Waals surface area contributed by atoms with Gasteiger partial charge in [0.25, 0.3) is 5.69 Å². The molecule has 0 atom stereocenters. The normalized spacial score (nSPS) is 11.3. The van der Waals surface area contributed by atoms with Crippen molar-refractivity contribution in [2.45, 2.75) is 0 Å². The number of nitro groups is 1. The van der Waals surface area contributed by atoms with Gasteiger partial charge in [-0.05, 0) is 18.2 Å². The quantitative estimate of drug-likeness (QED) is 0.536. The molecule has 0 aliphatic carbocycles.